The van der Waals surface area contributed by atoms with Gasteiger partial charge in [0.15, 0.2) is 0 Å². The van der Waals surface area contributed by atoms with E-state index in [0.717, 1.165) is 51.6 Å². The monoisotopic (exact) mass is 330 g/mol. The molecule has 1 saturated heterocycles. The van der Waals surface area contributed by atoms with E-state index in [1.807, 2.05) is 0 Å². The Morgan fingerprint density at radius 2 is 1.55 bits per heavy atom. The van der Waals surface area contributed by atoms with Gasteiger partial charge >= 0.3 is 0 Å². The first-order chi connectivity index (χ1) is 10.2. The fourth-order valence-corrected chi connectivity index (χ4v) is 4.22. The van der Waals surface area contributed by atoms with Crippen molar-refractivity contribution < 1.29 is 9.53 Å². The molecule has 0 bridgehead atoms. The third-order valence-electron chi connectivity index (χ3n) is 5.50. The summed E-state index contributed by atoms with van der Waals surface area (Å²) in [5.41, 5.74) is 6.02. The quantitative estimate of drug-likeness (QED) is 0.865. The van der Waals surface area contributed by atoms with Crippen molar-refractivity contribution in [1.29, 1.82) is 0 Å². The highest BCUT2D eigenvalue weighted by atomic mass is 35.5. The zero-order chi connectivity index (χ0) is 14.7. The molecule has 0 aromatic rings. The van der Waals surface area contributed by atoms with Crippen molar-refractivity contribution in [3.05, 3.63) is 0 Å². The second kappa shape index (κ2) is 8.51. The van der Waals surface area contributed by atoms with Crippen molar-refractivity contribution in [2.24, 2.45) is 11.7 Å². The van der Waals surface area contributed by atoms with Crippen LogP contribution in [-0.4, -0.2) is 42.1 Å². The summed E-state index contributed by atoms with van der Waals surface area (Å²) in [5.74, 6) is 0.533. The molecule has 0 radical (unpaired) electrons. The van der Waals surface area contributed by atoms with E-state index in [-0.39, 0.29) is 24.4 Å². The molecule has 1 heterocycles. The minimum atomic E-state index is 0. The van der Waals surface area contributed by atoms with Gasteiger partial charge in [-0.05, 0) is 44.9 Å². The SMILES string of the molecule is Cl.NC1CCCC(C(=O)N2CCC(OC3CCCC3)CC2)C1. The molecule has 2 atom stereocenters. The van der Waals surface area contributed by atoms with Crippen LogP contribution in [0.2, 0.25) is 0 Å². The Kier molecular flexibility index (Phi) is 6.97. The Bertz CT molecular complexity index is 353. The molecule has 3 fully saturated rings. The van der Waals surface area contributed by atoms with Crippen molar-refractivity contribution in [3.63, 3.8) is 0 Å². The summed E-state index contributed by atoms with van der Waals surface area (Å²) in [6.45, 7) is 1.75. The second-order valence-electron chi connectivity index (χ2n) is 7.19. The van der Waals surface area contributed by atoms with E-state index < -0.39 is 0 Å². The topological polar surface area (TPSA) is 55.6 Å². The lowest BCUT2D eigenvalue weighted by Crippen LogP contribution is -2.46. The minimum Gasteiger partial charge on any atom is -0.375 e. The lowest BCUT2D eigenvalue weighted by atomic mass is 9.85. The van der Waals surface area contributed by atoms with Crippen molar-refractivity contribution >= 4 is 18.3 Å². The molecule has 2 saturated carbocycles. The molecule has 3 rings (SSSR count). The van der Waals surface area contributed by atoms with Crippen LogP contribution in [0.5, 0.6) is 0 Å². The summed E-state index contributed by atoms with van der Waals surface area (Å²) in [5, 5.41) is 0. The van der Waals surface area contributed by atoms with E-state index in [1.54, 1.807) is 0 Å². The number of rotatable bonds is 3. The maximum absolute atomic E-state index is 12.6. The van der Waals surface area contributed by atoms with Gasteiger partial charge in [0.25, 0.3) is 0 Å². The standard InChI is InChI=1S/C17H30N2O2.ClH/c18-14-5-3-4-13(12-14)17(20)19-10-8-16(9-11-19)21-15-6-1-2-7-15;/h13-16H,1-12,18H2;1H. The number of carbonyl (C=O) groups excluding carboxylic acids is 1. The molecule has 1 amide bonds. The van der Waals surface area contributed by atoms with Gasteiger partial charge < -0.3 is 15.4 Å². The summed E-state index contributed by atoms with van der Waals surface area (Å²) in [6, 6.07) is 0.232. The molecule has 2 N–H and O–H groups in total. The van der Waals surface area contributed by atoms with E-state index in [4.69, 9.17) is 10.5 Å². The van der Waals surface area contributed by atoms with Crippen LogP contribution >= 0.6 is 12.4 Å². The number of amides is 1. The number of likely N-dealkylation sites (tertiary alicyclic amines) is 1. The van der Waals surface area contributed by atoms with Gasteiger partial charge in [-0.2, -0.15) is 0 Å². The van der Waals surface area contributed by atoms with E-state index in [1.165, 1.54) is 25.7 Å². The number of hydrogen-bond donors (Lipinski definition) is 1. The molecule has 2 unspecified atom stereocenters. The predicted octanol–water partition coefficient (Wildman–Crippen LogP) is 2.88. The van der Waals surface area contributed by atoms with Crippen molar-refractivity contribution in [3.8, 4) is 0 Å². The van der Waals surface area contributed by atoms with Gasteiger partial charge in [-0.15, -0.1) is 12.4 Å². The molecule has 4 nitrogen and oxygen atoms in total. The van der Waals surface area contributed by atoms with E-state index in [0.29, 0.717) is 18.1 Å². The first-order valence-corrected chi connectivity index (χ1v) is 8.92. The maximum atomic E-state index is 12.6. The Hall–Kier alpha value is -0.320. The molecular formula is C17H31ClN2O2. The number of hydrogen-bond acceptors (Lipinski definition) is 3. The number of piperidine rings is 1. The zero-order valence-corrected chi connectivity index (χ0v) is 14.4. The molecule has 1 aliphatic heterocycles. The Labute approximate surface area is 140 Å². The van der Waals surface area contributed by atoms with Crippen molar-refractivity contribution in [2.45, 2.75) is 82.5 Å². The van der Waals surface area contributed by atoms with Gasteiger partial charge in [0.05, 0.1) is 12.2 Å². The van der Waals surface area contributed by atoms with Crippen LogP contribution in [0.15, 0.2) is 0 Å². The summed E-state index contributed by atoms with van der Waals surface area (Å²) >= 11 is 0. The van der Waals surface area contributed by atoms with Crippen LogP contribution in [0.25, 0.3) is 0 Å². The van der Waals surface area contributed by atoms with Gasteiger partial charge in [-0.3, -0.25) is 4.79 Å². The van der Waals surface area contributed by atoms with Crippen LogP contribution in [0, 0.1) is 5.92 Å². The Balaban J connectivity index is 0.00000176. The van der Waals surface area contributed by atoms with Crippen LogP contribution < -0.4 is 5.73 Å². The average Bonchev–Trinajstić information content (AvgIpc) is 3.00. The highest BCUT2D eigenvalue weighted by Gasteiger charge is 2.32. The van der Waals surface area contributed by atoms with Crippen LogP contribution in [0.4, 0.5) is 0 Å². The zero-order valence-electron chi connectivity index (χ0n) is 13.5. The number of nitrogens with two attached hydrogens (primary N) is 1. The third-order valence-corrected chi connectivity index (χ3v) is 5.50. The van der Waals surface area contributed by atoms with Crippen LogP contribution in [0.1, 0.15) is 64.2 Å². The smallest absolute Gasteiger partial charge is 0.225 e. The molecule has 2 aliphatic carbocycles. The lowest BCUT2D eigenvalue weighted by molar-refractivity contribution is -0.140. The fourth-order valence-electron chi connectivity index (χ4n) is 4.22. The minimum absolute atomic E-state index is 0. The highest BCUT2D eigenvalue weighted by molar-refractivity contribution is 5.85. The molecule has 3 aliphatic rings. The lowest BCUT2D eigenvalue weighted by Gasteiger charge is -2.36. The third kappa shape index (κ3) is 4.59. The van der Waals surface area contributed by atoms with E-state index in [2.05, 4.69) is 4.90 Å². The van der Waals surface area contributed by atoms with Gasteiger partial charge in [0.1, 0.15) is 0 Å². The first kappa shape index (κ1) is 18.0. The molecule has 0 spiro atoms. The van der Waals surface area contributed by atoms with E-state index >= 15 is 0 Å². The largest absolute Gasteiger partial charge is 0.375 e. The van der Waals surface area contributed by atoms with Gasteiger partial charge in [-0.1, -0.05) is 19.3 Å². The average molecular weight is 331 g/mol. The van der Waals surface area contributed by atoms with Gasteiger partial charge in [0.2, 0.25) is 5.91 Å². The van der Waals surface area contributed by atoms with E-state index in [9.17, 15) is 4.79 Å². The van der Waals surface area contributed by atoms with Gasteiger partial charge in [-0.25, -0.2) is 0 Å². The van der Waals surface area contributed by atoms with Crippen LogP contribution in [0.3, 0.4) is 0 Å². The summed E-state index contributed by atoms with van der Waals surface area (Å²) in [7, 11) is 0. The summed E-state index contributed by atoms with van der Waals surface area (Å²) in [6.07, 6.45) is 12.1. The predicted molar refractivity (Wildman–Crippen MR) is 90.1 cm³/mol. The number of carbonyl (C=O) groups is 1. The maximum Gasteiger partial charge on any atom is 0.225 e. The van der Waals surface area contributed by atoms with Crippen molar-refractivity contribution in [2.75, 3.05) is 13.1 Å². The number of ether oxygens (including phenoxy) is 1. The van der Waals surface area contributed by atoms with Gasteiger partial charge in [0, 0.05) is 25.0 Å². The molecule has 0 aromatic carbocycles. The van der Waals surface area contributed by atoms with Crippen molar-refractivity contribution in [1.82, 2.24) is 4.90 Å². The fraction of sp³-hybridized carbons (Fsp3) is 0.941. The normalized spacial score (nSPS) is 31.0. The second-order valence-corrected chi connectivity index (χ2v) is 7.19. The highest BCUT2D eigenvalue weighted by Crippen LogP contribution is 2.28. The molecular weight excluding hydrogens is 300 g/mol. The number of nitrogens with zero attached hydrogens (tertiary/aromatic N) is 1. The Morgan fingerprint density at radius 1 is 0.909 bits per heavy atom. The summed E-state index contributed by atoms with van der Waals surface area (Å²) < 4.78 is 6.18. The summed E-state index contributed by atoms with van der Waals surface area (Å²) in [4.78, 5) is 14.6. The molecule has 22 heavy (non-hydrogen) atoms. The molecule has 0 aromatic heterocycles. The number of halogens is 1. The molecule has 5 heteroatoms. The van der Waals surface area contributed by atoms with Crippen LogP contribution in [-0.2, 0) is 9.53 Å². The Morgan fingerprint density at radius 3 is 2.18 bits per heavy atom. The first-order valence-electron chi connectivity index (χ1n) is 8.92. The molecule has 128 valence electrons.